The Morgan fingerprint density at radius 3 is 2.50 bits per heavy atom. The van der Waals surface area contributed by atoms with Crippen LogP contribution in [0.25, 0.3) is 5.57 Å². The molecule has 0 aliphatic heterocycles. The molecular weight excluding hydrogens is 272 g/mol. The molecule has 1 rings (SSSR count). The fourth-order valence-electron chi connectivity index (χ4n) is 2.02. The van der Waals surface area contributed by atoms with Crippen molar-refractivity contribution < 1.29 is 4.79 Å². The molecule has 0 saturated heterocycles. The highest BCUT2D eigenvalue weighted by atomic mass is 16.2. The van der Waals surface area contributed by atoms with Crippen molar-refractivity contribution in [3.05, 3.63) is 65.9 Å². The summed E-state index contributed by atoms with van der Waals surface area (Å²) < 4.78 is 0. The molecule has 1 aromatic rings. The van der Waals surface area contributed by atoms with E-state index in [0.717, 1.165) is 17.6 Å². The van der Waals surface area contributed by atoms with Crippen molar-refractivity contribution in [1.82, 2.24) is 4.90 Å². The zero-order chi connectivity index (χ0) is 16.5. The quantitative estimate of drug-likeness (QED) is 0.642. The lowest BCUT2D eigenvalue weighted by Gasteiger charge is -2.25. The van der Waals surface area contributed by atoms with Crippen LogP contribution in [0.4, 0.5) is 0 Å². The Morgan fingerprint density at radius 1 is 1.27 bits per heavy atom. The van der Waals surface area contributed by atoms with Crippen molar-refractivity contribution >= 4 is 11.5 Å². The molecule has 0 spiro atoms. The minimum Gasteiger partial charge on any atom is -0.394 e. The third-order valence-electron chi connectivity index (χ3n) is 3.74. The second-order valence-corrected chi connectivity index (χ2v) is 5.36. The molecule has 0 heterocycles. The van der Waals surface area contributed by atoms with Gasteiger partial charge in [0, 0.05) is 13.1 Å². The van der Waals surface area contributed by atoms with E-state index in [0.29, 0.717) is 5.70 Å². The maximum Gasteiger partial charge on any atom is 0.270 e. The molecule has 0 radical (unpaired) electrons. The zero-order valence-electron chi connectivity index (χ0n) is 13.9. The monoisotopic (exact) mass is 298 g/mol. The van der Waals surface area contributed by atoms with Crippen molar-refractivity contribution in [3.8, 4) is 0 Å². The van der Waals surface area contributed by atoms with E-state index in [9.17, 15) is 4.79 Å². The number of hydrogen-bond donors (Lipinski definition) is 1. The molecule has 0 aromatic heterocycles. The molecule has 0 bridgehead atoms. The van der Waals surface area contributed by atoms with E-state index in [1.54, 1.807) is 11.9 Å². The Morgan fingerprint density at radius 2 is 1.91 bits per heavy atom. The highest BCUT2D eigenvalue weighted by molar-refractivity contribution is 5.99. The molecule has 0 aliphatic carbocycles. The number of hydrogen-bond acceptors (Lipinski definition) is 2. The summed E-state index contributed by atoms with van der Waals surface area (Å²) in [6.07, 6.45) is 8.79. The van der Waals surface area contributed by atoms with Crippen LogP contribution in [0.3, 0.4) is 0 Å². The fourth-order valence-corrected chi connectivity index (χ4v) is 2.02. The third-order valence-corrected chi connectivity index (χ3v) is 3.74. The average Bonchev–Trinajstić information content (AvgIpc) is 2.56. The van der Waals surface area contributed by atoms with Crippen LogP contribution in [0.2, 0.25) is 0 Å². The summed E-state index contributed by atoms with van der Waals surface area (Å²) in [7, 11) is 1.79. The summed E-state index contributed by atoms with van der Waals surface area (Å²) in [4.78, 5) is 14.2. The minimum absolute atomic E-state index is 0.0936. The maximum atomic E-state index is 12.5. The van der Waals surface area contributed by atoms with Gasteiger partial charge < -0.3 is 10.6 Å². The summed E-state index contributed by atoms with van der Waals surface area (Å²) in [6, 6.07) is 9.83. The van der Waals surface area contributed by atoms with E-state index in [4.69, 9.17) is 5.73 Å². The molecule has 1 atom stereocenters. The molecule has 22 heavy (non-hydrogen) atoms. The molecule has 2 N–H and O–H groups in total. The zero-order valence-corrected chi connectivity index (χ0v) is 13.9. The van der Waals surface area contributed by atoms with Gasteiger partial charge >= 0.3 is 0 Å². The predicted octanol–water partition coefficient (Wildman–Crippen LogP) is 3.75. The van der Waals surface area contributed by atoms with Gasteiger partial charge in [-0.2, -0.15) is 0 Å². The van der Waals surface area contributed by atoms with Gasteiger partial charge in [-0.1, -0.05) is 54.6 Å². The van der Waals surface area contributed by atoms with E-state index in [-0.39, 0.29) is 11.9 Å². The van der Waals surface area contributed by atoms with Crippen LogP contribution in [0.1, 0.15) is 32.8 Å². The Hall–Kier alpha value is -2.29. The topological polar surface area (TPSA) is 46.3 Å². The second-order valence-electron chi connectivity index (χ2n) is 5.36. The molecule has 0 saturated carbocycles. The van der Waals surface area contributed by atoms with Crippen LogP contribution >= 0.6 is 0 Å². The SMILES string of the molecule is C/C=C\C=C/CC(C)N(C)C(=O)/C(N)=C(\C)c1ccccc1. The fraction of sp³-hybridized carbons (Fsp3) is 0.316. The van der Waals surface area contributed by atoms with Gasteiger partial charge in [-0.3, -0.25) is 4.79 Å². The predicted molar refractivity (Wildman–Crippen MR) is 94.0 cm³/mol. The molecule has 0 aliphatic rings. The molecular formula is C19H26N2O. The summed E-state index contributed by atoms with van der Waals surface area (Å²) in [5, 5.41) is 0. The first-order chi connectivity index (χ1) is 10.5. The van der Waals surface area contributed by atoms with Gasteiger partial charge in [-0.05, 0) is 38.3 Å². The highest BCUT2D eigenvalue weighted by Crippen LogP contribution is 2.17. The van der Waals surface area contributed by atoms with Gasteiger partial charge in [0.2, 0.25) is 0 Å². The van der Waals surface area contributed by atoms with Gasteiger partial charge in [0.05, 0.1) is 0 Å². The third kappa shape index (κ3) is 4.92. The molecule has 0 fully saturated rings. The number of benzene rings is 1. The first kappa shape index (κ1) is 17.8. The number of carbonyl (C=O) groups excluding carboxylic acids is 1. The summed E-state index contributed by atoms with van der Waals surface area (Å²) >= 11 is 0. The van der Waals surface area contributed by atoms with Crippen LogP contribution in [0.15, 0.2) is 60.3 Å². The lowest BCUT2D eigenvalue weighted by atomic mass is 10.0. The number of amides is 1. The van der Waals surface area contributed by atoms with Crippen molar-refractivity contribution in [3.63, 3.8) is 0 Å². The summed E-state index contributed by atoms with van der Waals surface area (Å²) in [5.74, 6) is -0.131. The van der Waals surface area contributed by atoms with Gasteiger partial charge in [0.25, 0.3) is 5.91 Å². The largest absolute Gasteiger partial charge is 0.394 e. The molecule has 1 aromatic carbocycles. The van der Waals surface area contributed by atoms with Crippen molar-refractivity contribution in [1.29, 1.82) is 0 Å². The number of nitrogens with two attached hydrogens (primary N) is 1. The van der Waals surface area contributed by atoms with E-state index in [2.05, 4.69) is 6.08 Å². The summed E-state index contributed by atoms with van der Waals surface area (Å²) in [6.45, 7) is 5.87. The second kappa shape index (κ2) is 8.88. The standard InChI is InChI=1S/C19H26N2O/c1-5-6-7-9-12-15(2)21(4)19(22)18(20)16(3)17-13-10-8-11-14-17/h5-11,13-15H,12,20H2,1-4H3/b6-5-,9-7-,18-16-. The van der Waals surface area contributed by atoms with Crippen LogP contribution in [-0.2, 0) is 4.79 Å². The lowest BCUT2D eigenvalue weighted by Crippen LogP contribution is -2.38. The number of carbonyl (C=O) groups is 1. The molecule has 3 nitrogen and oxygen atoms in total. The Kier molecular flexibility index (Phi) is 7.17. The Labute approximate surface area is 133 Å². The average molecular weight is 298 g/mol. The van der Waals surface area contributed by atoms with E-state index < -0.39 is 0 Å². The smallest absolute Gasteiger partial charge is 0.270 e. The molecule has 118 valence electrons. The van der Waals surface area contributed by atoms with Crippen LogP contribution < -0.4 is 5.73 Å². The van der Waals surface area contributed by atoms with Crippen molar-refractivity contribution in [2.24, 2.45) is 5.73 Å². The Bertz CT molecular complexity index is 570. The van der Waals surface area contributed by atoms with Gasteiger partial charge in [0.15, 0.2) is 0 Å². The molecule has 1 amide bonds. The van der Waals surface area contributed by atoms with Gasteiger partial charge in [-0.25, -0.2) is 0 Å². The first-order valence-corrected chi connectivity index (χ1v) is 7.55. The van der Waals surface area contributed by atoms with Gasteiger partial charge in [-0.15, -0.1) is 0 Å². The number of rotatable bonds is 6. The lowest BCUT2D eigenvalue weighted by molar-refractivity contribution is -0.127. The van der Waals surface area contributed by atoms with Crippen LogP contribution in [0.5, 0.6) is 0 Å². The normalized spacial score (nSPS) is 14.2. The van der Waals surface area contributed by atoms with E-state index in [1.807, 2.05) is 69.3 Å². The van der Waals surface area contributed by atoms with E-state index >= 15 is 0 Å². The minimum atomic E-state index is -0.131. The first-order valence-electron chi connectivity index (χ1n) is 7.55. The molecule has 1 unspecified atom stereocenters. The van der Waals surface area contributed by atoms with Gasteiger partial charge in [0.1, 0.15) is 5.70 Å². The van der Waals surface area contributed by atoms with E-state index in [1.165, 1.54) is 0 Å². The number of likely N-dealkylation sites (N-methyl/N-ethyl adjacent to an activating group) is 1. The number of allylic oxidation sites excluding steroid dienone is 4. The van der Waals surface area contributed by atoms with Crippen molar-refractivity contribution in [2.45, 2.75) is 33.2 Å². The van der Waals surface area contributed by atoms with Crippen LogP contribution in [0, 0.1) is 0 Å². The number of nitrogens with zero attached hydrogens (tertiary/aromatic N) is 1. The summed E-state index contributed by atoms with van der Waals surface area (Å²) in [5.41, 5.74) is 8.16. The van der Waals surface area contributed by atoms with Crippen molar-refractivity contribution in [2.75, 3.05) is 7.05 Å². The molecule has 3 heteroatoms. The van der Waals surface area contributed by atoms with Crippen LogP contribution in [-0.4, -0.2) is 23.9 Å². The Balaban J connectivity index is 2.81. The maximum absolute atomic E-state index is 12.5. The highest BCUT2D eigenvalue weighted by Gasteiger charge is 2.19.